The smallest absolute Gasteiger partial charge is 0.273 e. The van der Waals surface area contributed by atoms with Crippen molar-refractivity contribution in [1.29, 1.82) is 0 Å². The quantitative estimate of drug-likeness (QED) is 0.267. The van der Waals surface area contributed by atoms with E-state index in [1.165, 1.54) is 11.1 Å². The first-order chi connectivity index (χ1) is 15.4. The zero-order chi connectivity index (χ0) is 28.1. The second kappa shape index (κ2) is 12.8. The van der Waals surface area contributed by atoms with Crippen LogP contribution >= 0.6 is 0 Å². The Hall–Kier alpha value is -1.56. The van der Waals surface area contributed by atoms with E-state index in [0.29, 0.717) is 0 Å². The van der Waals surface area contributed by atoms with Gasteiger partial charge in [-0.05, 0) is 13.8 Å². The normalized spacial score (nSPS) is 14.3. The first-order valence-corrected chi connectivity index (χ1v) is 12.9. The molecule has 0 N–H and O–H groups in total. The van der Waals surface area contributed by atoms with Crippen LogP contribution in [-0.4, -0.2) is 41.8 Å². The molecule has 1 aromatic carbocycles. The summed E-state index contributed by atoms with van der Waals surface area (Å²) in [6.07, 6.45) is 10.0. The van der Waals surface area contributed by atoms with Crippen LogP contribution in [-0.2, 0) is 46.6 Å². The number of alkyl halides is 9. The summed E-state index contributed by atoms with van der Waals surface area (Å²) in [7, 11) is -24.1. The fraction of sp³-hybridized carbons (Fsp3) is 0.353. The minimum absolute atomic E-state index is 0. The number of sulfone groups is 3. The second-order valence-electron chi connectivity index (χ2n) is 6.26. The van der Waals surface area contributed by atoms with Gasteiger partial charge in [0.1, 0.15) is 0 Å². The zero-order valence-corrected chi connectivity index (χ0v) is 21.2. The van der Waals surface area contributed by atoms with Gasteiger partial charge in [-0.2, -0.15) is 45.6 Å². The molecule has 1 aromatic rings. The molecule has 0 amide bonds. The van der Waals surface area contributed by atoms with Crippen LogP contribution in [0.15, 0.2) is 42.5 Å². The minimum atomic E-state index is -8.02. The third kappa shape index (κ3) is 9.39. The van der Waals surface area contributed by atoms with Crippen molar-refractivity contribution in [2.75, 3.05) is 0 Å². The SMILES string of the molecule is Cc1ccc(C)cc1.O=S(=O)([C-](S(=O)(=O)C(F)(F)F)S(=O)(=O)C(F)(F)F)C(F)(F)F.[C-]1=CC=CC1.[Fe+2]. The molecular weight excluding hydrogens is 623 g/mol. The van der Waals surface area contributed by atoms with E-state index in [1.807, 2.05) is 12.2 Å². The van der Waals surface area contributed by atoms with Crippen LogP contribution in [0.25, 0.3) is 0 Å². The van der Waals surface area contributed by atoms with Crippen molar-refractivity contribution in [3.8, 4) is 0 Å². The molecule has 0 saturated heterocycles. The molecule has 0 heterocycles. The standard InChI is InChI=1S/C8H10.C5H5.C4F9O6S3.Fe/c1-7-3-5-8(2)6-4-7;1-2-4-5-3-1;5-2(6,7)20(14,15)1(21(16,17)3(8,9)10)22(18,19)4(11,12)13;/h3-6H,1-2H3;1-3H,4H2;;/q;2*-1;+2. The number of allylic oxidation sites excluding steroid dienone is 4. The summed E-state index contributed by atoms with van der Waals surface area (Å²) in [5, 5.41) is 0. The maximum atomic E-state index is 12.0. The molecule has 0 saturated carbocycles. The van der Waals surface area contributed by atoms with Crippen LogP contribution in [0, 0.1) is 23.8 Å². The van der Waals surface area contributed by atoms with Crippen molar-refractivity contribution < 1.29 is 81.8 Å². The number of benzene rings is 1. The van der Waals surface area contributed by atoms with Crippen molar-refractivity contribution in [3.05, 3.63) is 63.6 Å². The van der Waals surface area contributed by atoms with E-state index in [-0.39, 0.29) is 17.1 Å². The number of hydrogen-bond donors (Lipinski definition) is 0. The van der Waals surface area contributed by atoms with Crippen molar-refractivity contribution in [3.63, 3.8) is 0 Å². The molecule has 1 aliphatic carbocycles. The number of rotatable bonds is 3. The zero-order valence-electron chi connectivity index (χ0n) is 17.7. The van der Waals surface area contributed by atoms with E-state index in [1.54, 1.807) is 0 Å². The average molecular weight is 638 g/mol. The van der Waals surface area contributed by atoms with Gasteiger partial charge in [0.25, 0.3) is 0 Å². The maximum absolute atomic E-state index is 12.0. The van der Waals surface area contributed by atoms with Crippen LogP contribution in [0.1, 0.15) is 17.5 Å². The maximum Gasteiger partial charge on any atom is 2.00 e. The van der Waals surface area contributed by atoms with E-state index < -0.39 is 50.0 Å². The van der Waals surface area contributed by atoms with Crippen molar-refractivity contribution in [2.45, 2.75) is 36.8 Å². The first-order valence-electron chi connectivity index (χ1n) is 8.46. The van der Waals surface area contributed by atoms with E-state index in [9.17, 15) is 64.8 Å². The van der Waals surface area contributed by atoms with Gasteiger partial charge in [-0.25, -0.2) is 12.2 Å². The molecule has 36 heavy (non-hydrogen) atoms. The van der Waals surface area contributed by atoms with Gasteiger partial charge in [0.15, 0.2) is 29.5 Å². The summed E-state index contributed by atoms with van der Waals surface area (Å²) in [5.74, 6) is 0. The molecule has 0 fully saturated rings. The second-order valence-corrected chi connectivity index (χ2v) is 12.7. The number of hydrogen-bond acceptors (Lipinski definition) is 6. The van der Waals surface area contributed by atoms with Crippen LogP contribution in [0.4, 0.5) is 39.5 Å². The molecule has 6 nitrogen and oxygen atoms in total. The molecule has 0 atom stereocenters. The fourth-order valence-corrected chi connectivity index (χ4v) is 7.43. The minimum Gasteiger partial charge on any atom is -0.273 e. The van der Waals surface area contributed by atoms with Crippen molar-refractivity contribution in [2.24, 2.45) is 0 Å². The Morgan fingerprint density at radius 2 is 0.944 bits per heavy atom. The van der Waals surface area contributed by atoms with Crippen molar-refractivity contribution in [1.82, 2.24) is 0 Å². The predicted molar refractivity (Wildman–Crippen MR) is 106 cm³/mol. The average Bonchev–Trinajstić information content (AvgIpc) is 3.21. The van der Waals surface area contributed by atoms with E-state index in [4.69, 9.17) is 0 Å². The van der Waals surface area contributed by atoms with Crippen LogP contribution < -0.4 is 0 Å². The van der Waals surface area contributed by atoms with E-state index in [0.717, 1.165) is 6.42 Å². The summed E-state index contributed by atoms with van der Waals surface area (Å²) < 4.78 is 167. The van der Waals surface area contributed by atoms with E-state index in [2.05, 4.69) is 50.3 Å². The Kier molecular flexibility index (Phi) is 13.0. The molecule has 0 radical (unpaired) electrons. The molecule has 2 rings (SSSR count). The van der Waals surface area contributed by atoms with Crippen molar-refractivity contribution >= 4 is 29.5 Å². The Morgan fingerprint density at radius 1 is 0.667 bits per heavy atom. The van der Waals surface area contributed by atoms with Crippen LogP contribution in [0.3, 0.4) is 0 Å². The largest absolute Gasteiger partial charge is 2.00 e. The van der Waals surface area contributed by atoms with Gasteiger partial charge >= 0.3 is 33.6 Å². The third-order valence-corrected chi connectivity index (χ3v) is 10.5. The summed E-state index contributed by atoms with van der Waals surface area (Å²) in [6.45, 7) is 4.19. The summed E-state index contributed by atoms with van der Waals surface area (Å²) >= 11 is 0. The molecule has 0 unspecified atom stereocenters. The molecule has 0 aromatic heterocycles. The Morgan fingerprint density at radius 3 is 1.08 bits per heavy atom. The number of aryl methyl sites for hydroxylation is 2. The van der Waals surface area contributed by atoms with Crippen LogP contribution in [0.2, 0.25) is 0 Å². The van der Waals surface area contributed by atoms with Gasteiger partial charge in [0, 0.05) is 0 Å². The third-order valence-electron chi connectivity index (χ3n) is 3.38. The molecule has 1 aliphatic rings. The van der Waals surface area contributed by atoms with Gasteiger partial charge in [0.05, 0.1) is 3.91 Å². The summed E-state index contributed by atoms with van der Waals surface area (Å²) in [4.78, 5) is 0. The molecule has 0 spiro atoms. The topological polar surface area (TPSA) is 102 Å². The van der Waals surface area contributed by atoms with Crippen LogP contribution in [0.5, 0.6) is 0 Å². The Balaban J connectivity index is 0. The van der Waals surface area contributed by atoms with Gasteiger partial charge in [-0.1, -0.05) is 35.4 Å². The first kappa shape index (κ1) is 36.6. The van der Waals surface area contributed by atoms with Gasteiger partial charge in [0.2, 0.25) is 0 Å². The summed E-state index contributed by atoms with van der Waals surface area (Å²) in [6, 6.07) is 8.48. The Labute approximate surface area is 211 Å². The fourth-order valence-electron chi connectivity index (χ4n) is 1.69. The van der Waals surface area contributed by atoms with Gasteiger partial charge in [-0.15, -0.1) is 6.42 Å². The summed E-state index contributed by atoms with van der Waals surface area (Å²) in [5.41, 5.74) is -18.5. The molecule has 0 bridgehead atoms. The monoisotopic (exact) mass is 638 g/mol. The van der Waals surface area contributed by atoms with Gasteiger partial charge < -0.3 is 0 Å². The predicted octanol–water partition coefficient (Wildman–Crippen LogP) is 4.84. The molecule has 208 valence electrons. The molecule has 0 aliphatic heterocycles. The Bertz CT molecular complexity index is 1090. The molecular formula is C17H15F9FeO6S3. The molecule has 19 heteroatoms. The van der Waals surface area contributed by atoms with E-state index >= 15 is 0 Å². The number of halogens is 9. The van der Waals surface area contributed by atoms with Gasteiger partial charge in [-0.3, -0.25) is 31.3 Å².